The fourth-order valence-corrected chi connectivity index (χ4v) is 3.49. The molecule has 1 atom stereocenters. The average molecular weight is 420 g/mol. The summed E-state index contributed by atoms with van der Waals surface area (Å²) in [6.07, 6.45) is 1.69. The Morgan fingerprint density at radius 2 is 2.00 bits per heavy atom. The zero-order valence-electron chi connectivity index (χ0n) is 14.5. The van der Waals surface area contributed by atoms with E-state index in [-0.39, 0.29) is 24.7 Å². The van der Waals surface area contributed by atoms with Crippen molar-refractivity contribution in [2.45, 2.75) is 18.7 Å². The first-order chi connectivity index (χ1) is 12.4. The number of Topliss-reactive ketones (excluding diaryl/α,β-unsaturated/α-hetero) is 1. The Hall–Kier alpha value is -2.18. The molecule has 2 N–H and O–H groups in total. The number of aryl methyl sites for hydroxylation is 2. The summed E-state index contributed by atoms with van der Waals surface area (Å²) in [5.41, 5.74) is 4.22. The molecule has 0 aliphatic heterocycles. The number of aliphatic hydroxyl groups excluding tert-OH is 1. The lowest BCUT2D eigenvalue weighted by molar-refractivity contribution is 0.0991. The molecule has 4 nitrogen and oxygen atoms in total. The number of hydrogen-bond acceptors (Lipinski definition) is 3. The number of nitrogens with one attached hydrogen (secondary N) is 1. The highest BCUT2D eigenvalue weighted by atomic mass is 79.9. The van der Waals surface area contributed by atoms with Gasteiger partial charge in [-0.3, -0.25) is 4.79 Å². The van der Waals surface area contributed by atoms with E-state index in [2.05, 4.69) is 20.9 Å². The van der Waals surface area contributed by atoms with Gasteiger partial charge in [0.2, 0.25) is 0 Å². The molecule has 0 fully saturated rings. The van der Waals surface area contributed by atoms with Crippen LogP contribution in [0.2, 0.25) is 0 Å². The Labute approximate surface area is 159 Å². The molecule has 6 heteroatoms. The molecule has 0 spiro atoms. The second kappa shape index (κ2) is 7.60. The highest BCUT2D eigenvalue weighted by Gasteiger charge is 2.25. The lowest BCUT2D eigenvalue weighted by atomic mass is 9.99. The molecule has 1 aromatic heterocycles. The molecule has 0 aliphatic carbocycles. The van der Waals surface area contributed by atoms with Gasteiger partial charge in [-0.25, -0.2) is 4.39 Å². The van der Waals surface area contributed by atoms with Crippen molar-refractivity contribution < 1.29 is 19.0 Å². The number of halogens is 2. The topological polar surface area (TPSA) is 62.3 Å². The monoisotopic (exact) mass is 419 g/mol. The third kappa shape index (κ3) is 3.52. The van der Waals surface area contributed by atoms with Crippen molar-refractivity contribution in [2.75, 3.05) is 13.2 Å². The van der Waals surface area contributed by atoms with Gasteiger partial charge in [-0.05, 0) is 43.2 Å². The quantitative estimate of drug-likeness (QED) is 0.452. The molecule has 3 aromatic rings. The largest absolute Gasteiger partial charge is 0.491 e. The molecule has 3 rings (SSSR count). The van der Waals surface area contributed by atoms with Crippen molar-refractivity contribution in [1.82, 2.24) is 4.98 Å². The normalized spacial score (nSPS) is 12.3. The highest BCUT2D eigenvalue weighted by Crippen LogP contribution is 2.36. The van der Waals surface area contributed by atoms with Gasteiger partial charge in [-0.15, -0.1) is 0 Å². The van der Waals surface area contributed by atoms with Crippen molar-refractivity contribution in [3.63, 3.8) is 0 Å². The number of ether oxygens (including phenoxy) is 1. The van der Waals surface area contributed by atoms with Crippen LogP contribution in [0.25, 0.3) is 10.9 Å². The number of ketones is 1. The zero-order chi connectivity index (χ0) is 18.8. The minimum Gasteiger partial charge on any atom is -0.491 e. The SMILES string of the molecule is Cc1cc2[nH]cc(C(=O)C(Br)c3ccc(F)cc3OCCO)c2cc1C. The van der Waals surface area contributed by atoms with E-state index in [4.69, 9.17) is 9.84 Å². The number of rotatable bonds is 6. The van der Waals surface area contributed by atoms with Crippen molar-refractivity contribution in [2.24, 2.45) is 0 Å². The standard InChI is InChI=1S/C20H19BrFNO3/c1-11-7-15-16(10-23-17(15)8-12(11)2)20(25)19(21)14-4-3-13(22)9-18(14)26-6-5-24/h3-4,7-10,19,23-24H,5-6H2,1-2H3. The molecule has 0 radical (unpaired) electrons. The third-order valence-corrected chi connectivity index (χ3v) is 5.30. The van der Waals surface area contributed by atoms with Crippen molar-refractivity contribution in [3.05, 3.63) is 64.6 Å². The molecule has 1 heterocycles. The zero-order valence-corrected chi connectivity index (χ0v) is 16.1. The average Bonchev–Trinajstić information content (AvgIpc) is 3.01. The Bertz CT molecular complexity index is 967. The number of carbonyl (C=O) groups is 1. The molecule has 26 heavy (non-hydrogen) atoms. The molecule has 0 aliphatic rings. The molecule has 0 amide bonds. The fourth-order valence-electron chi connectivity index (χ4n) is 2.87. The second-order valence-electron chi connectivity index (χ2n) is 6.17. The number of H-pyrrole nitrogens is 1. The molecule has 1 unspecified atom stereocenters. The van der Waals surface area contributed by atoms with E-state index in [9.17, 15) is 9.18 Å². The Balaban J connectivity index is 1.99. The van der Waals surface area contributed by atoms with Crippen LogP contribution in [0.5, 0.6) is 5.75 Å². The summed E-state index contributed by atoms with van der Waals surface area (Å²) in [5, 5.41) is 9.80. The molecule has 136 valence electrons. The Morgan fingerprint density at radius 1 is 1.27 bits per heavy atom. The van der Waals surface area contributed by atoms with Crippen LogP contribution in [-0.2, 0) is 0 Å². The van der Waals surface area contributed by atoms with E-state index in [0.717, 1.165) is 22.0 Å². The van der Waals surface area contributed by atoms with Crippen molar-refractivity contribution >= 4 is 32.6 Å². The Morgan fingerprint density at radius 3 is 2.73 bits per heavy atom. The van der Waals surface area contributed by atoms with Gasteiger partial charge < -0.3 is 14.8 Å². The number of alkyl halides is 1. The van der Waals surface area contributed by atoms with Gasteiger partial charge in [0, 0.05) is 34.3 Å². The van der Waals surface area contributed by atoms with Crippen molar-refractivity contribution in [1.29, 1.82) is 0 Å². The first-order valence-electron chi connectivity index (χ1n) is 8.22. The lowest BCUT2D eigenvalue weighted by Gasteiger charge is -2.15. The van der Waals surface area contributed by atoms with E-state index in [1.807, 2.05) is 26.0 Å². The molecular weight excluding hydrogens is 401 g/mol. The van der Waals surface area contributed by atoms with Crippen molar-refractivity contribution in [3.8, 4) is 5.75 Å². The third-order valence-electron chi connectivity index (χ3n) is 4.39. The predicted molar refractivity (Wildman–Crippen MR) is 103 cm³/mol. The maximum absolute atomic E-state index is 13.6. The van der Waals surface area contributed by atoms with E-state index >= 15 is 0 Å². The number of benzene rings is 2. The first-order valence-corrected chi connectivity index (χ1v) is 9.13. The summed E-state index contributed by atoms with van der Waals surface area (Å²) in [5.74, 6) is -0.381. The van der Waals surface area contributed by atoms with Crippen LogP contribution in [0.4, 0.5) is 4.39 Å². The lowest BCUT2D eigenvalue weighted by Crippen LogP contribution is -2.10. The van der Waals surface area contributed by atoms with Gasteiger partial charge in [0.05, 0.1) is 6.61 Å². The summed E-state index contributed by atoms with van der Waals surface area (Å²) in [6, 6.07) is 8.02. The second-order valence-corrected chi connectivity index (χ2v) is 7.08. The fraction of sp³-hybridized carbons (Fsp3) is 0.250. The minimum absolute atomic E-state index is 0.0237. The van der Waals surface area contributed by atoms with Gasteiger partial charge in [0.1, 0.15) is 23.0 Å². The summed E-state index contributed by atoms with van der Waals surface area (Å²) >= 11 is 3.43. The smallest absolute Gasteiger partial charge is 0.183 e. The summed E-state index contributed by atoms with van der Waals surface area (Å²) < 4.78 is 19.0. The predicted octanol–water partition coefficient (Wildman–Crippen LogP) is 4.61. The number of aromatic nitrogens is 1. The van der Waals surface area contributed by atoms with Crippen LogP contribution < -0.4 is 4.74 Å². The van der Waals surface area contributed by atoms with Crippen LogP contribution in [0, 0.1) is 19.7 Å². The maximum atomic E-state index is 13.6. The van der Waals surface area contributed by atoms with Crippen LogP contribution in [0.3, 0.4) is 0 Å². The van der Waals surface area contributed by atoms with Crippen LogP contribution in [0.1, 0.15) is 31.9 Å². The van der Waals surface area contributed by atoms with Gasteiger partial charge in [-0.2, -0.15) is 0 Å². The number of fused-ring (bicyclic) bond motifs is 1. The van der Waals surface area contributed by atoms with Crippen LogP contribution in [-0.4, -0.2) is 29.1 Å². The number of aliphatic hydroxyl groups is 1. The summed E-state index contributed by atoms with van der Waals surface area (Å²) in [4.78, 5) is 15.5. The molecular formula is C20H19BrFNO3. The van der Waals surface area contributed by atoms with E-state index in [1.165, 1.54) is 18.2 Å². The minimum atomic E-state index is -0.697. The number of hydrogen-bond donors (Lipinski definition) is 2. The van der Waals surface area contributed by atoms with Gasteiger partial charge in [0.15, 0.2) is 5.78 Å². The van der Waals surface area contributed by atoms with E-state index in [1.54, 1.807) is 6.20 Å². The van der Waals surface area contributed by atoms with E-state index in [0.29, 0.717) is 11.1 Å². The van der Waals surface area contributed by atoms with Crippen LogP contribution in [0.15, 0.2) is 36.5 Å². The molecule has 0 saturated heterocycles. The molecule has 0 bridgehead atoms. The summed E-state index contributed by atoms with van der Waals surface area (Å²) in [6.45, 7) is 3.85. The Kier molecular flexibility index (Phi) is 5.44. The van der Waals surface area contributed by atoms with Crippen LogP contribution >= 0.6 is 15.9 Å². The van der Waals surface area contributed by atoms with Gasteiger partial charge >= 0.3 is 0 Å². The summed E-state index contributed by atoms with van der Waals surface area (Å²) in [7, 11) is 0. The van der Waals surface area contributed by atoms with E-state index < -0.39 is 10.6 Å². The molecule has 2 aromatic carbocycles. The maximum Gasteiger partial charge on any atom is 0.183 e. The molecule has 0 saturated carbocycles. The number of aromatic amines is 1. The van der Waals surface area contributed by atoms with Gasteiger partial charge in [0.25, 0.3) is 0 Å². The highest BCUT2D eigenvalue weighted by molar-refractivity contribution is 9.09. The number of carbonyl (C=O) groups excluding carboxylic acids is 1. The van der Waals surface area contributed by atoms with Gasteiger partial charge in [-0.1, -0.05) is 22.0 Å². The first kappa shape index (κ1) is 18.6.